The topological polar surface area (TPSA) is 34.0 Å². The van der Waals surface area contributed by atoms with Crippen LogP contribution in [-0.4, -0.2) is 23.4 Å². The largest absolute Gasteiger partial charge is 0.347 e. The molecular formula is C14H17IN2O. The van der Waals surface area contributed by atoms with Crippen molar-refractivity contribution in [1.29, 1.82) is 0 Å². The van der Waals surface area contributed by atoms with Gasteiger partial charge in [-0.25, -0.2) is 0 Å². The van der Waals surface area contributed by atoms with Crippen molar-refractivity contribution in [2.45, 2.75) is 26.4 Å². The zero-order valence-electron chi connectivity index (χ0n) is 10.8. The van der Waals surface area contributed by atoms with Gasteiger partial charge in [0.25, 0.3) is 0 Å². The van der Waals surface area contributed by atoms with Crippen LogP contribution in [0, 0.1) is 3.57 Å². The third kappa shape index (κ3) is 2.31. The molecule has 4 heteroatoms. The van der Waals surface area contributed by atoms with Gasteiger partial charge in [-0.2, -0.15) is 0 Å². The van der Waals surface area contributed by atoms with Crippen LogP contribution in [0.4, 0.5) is 0 Å². The Kier molecular flexibility index (Phi) is 4.07. The third-order valence-electron chi connectivity index (χ3n) is 3.28. The summed E-state index contributed by atoms with van der Waals surface area (Å²) in [4.78, 5) is 12.3. The van der Waals surface area contributed by atoms with E-state index in [4.69, 9.17) is 0 Å². The van der Waals surface area contributed by atoms with Crippen molar-refractivity contribution in [3.8, 4) is 0 Å². The first-order valence-electron chi connectivity index (χ1n) is 6.08. The van der Waals surface area contributed by atoms with Gasteiger partial charge in [0.1, 0.15) is 0 Å². The molecule has 0 saturated heterocycles. The quantitative estimate of drug-likeness (QED) is 0.675. The van der Waals surface area contributed by atoms with Gasteiger partial charge < -0.3 is 9.88 Å². The normalized spacial score (nSPS) is 12.9. The highest BCUT2D eigenvalue weighted by Crippen LogP contribution is 2.24. The van der Waals surface area contributed by atoms with Gasteiger partial charge in [-0.05, 0) is 55.6 Å². The molecule has 18 heavy (non-hydrogen) atoms. The molecule has 1 aromatic carbocycles. The average Bonchev–Trinajstić information content (AvgIpc) is 2.74. The number of ketones is 1. The molecule has 0 radical (unpaired) electrons. The first-order valence-corrected chi connectivity index (χ1v) is 7.16. The summed E-state index contributed by atoms with van der Waals surface area (Å²) in [7, 11) is 1.81. The predicted octanol–water partition coefficient (Wildman–Crippen LogP) is 3.06. The van der Waals surface area contributed by atoms with E-state index in [9.17, 15) is 4.79 Å². The smallest absolute Gasteiger partial charge is 0.181 e. The summed E-state index contributed by atoms with van der Waals surface area (Å²) >= 11 is 2.30. The number of hydrogen-bond acceptors (Lipinski definition) is 2. The molecule has 0 bridgehead atoms. The summed E-state index contributed by atoms with van der Waals surface area (Å²) in [6.45, 7) is 4.86. The SMILES string of the molecule is CCn1cc(C(=O)C(C)NC)c2ccc(I)cc21. The number of benzene rings is 1. The van der Waals surface area contributed by atoms with Crippen LogP contribution in [-0.2, 0) is 6.54 Å². The second kappa shape index (κ2) is 5.40. The summed E-state index contributed by atoms with van der Waals surface area (Å²) in [5.74, 6) is 0.149. The lowest BCUT2D eigenvalue weighted by molar-refractivity contribution is 0.0956. The molecular weight excluding hydrogens is 339 g/mol. The molecule has 0 saturated carbocycles. The van der Waals surface area contributed by atoms with Gasteiger partial charge in [0.05, 0.1) is 6.04 Å². The van der Waals surface area contributed by atoms with E-state index in [2.05, 4.69) is 45.5 Å². The molecule has 0 spiro atoms. The summed E-state index contributed by atoms with van der Waals surface area (Å²) < 4.78 is 3.32. The highest BCUT2D eigenvalue weighted by atomic mass is 127. The van der Waals surface area contributed by atoms with Gasteiger partial charge in [0.15, 0.2) is 5.78 Å². The second-order valence-corrected chi connectivity index (χ2v) is 5.61. The number of nitrogens with one attached hydrogen (secondary N) is 1. The monoisotopic (exact) mass is 356 g/mol. The Labute approximate surface area is 121 Å². The fraction of sp³-hybridized carbons (Fsp3) is 0.357. The lowest BCUT2D eigenvalue weighted by Gasteiger charge is -2.07. The summed E-state index contributed by atoms with van der Waals surface area (Å²) in [6, 6.07) is 6.06. The van der Waals surface area contributed by atoms with Crippen molar-refractivity contribution >= 4 is 39.3 Å². The Hall–Kier alpha value is -0.880. The second-order valence-electron chi connectivity index (χ2n) is 4.36. The molecule has 2 aromatic rings. The van der Waals surface area contributed by atoms with Crippen LogP contribution in [0.15, 0.2) is 24.4 Å². The number of hydrogen-bond donors (Lipinski definition) is 1. The fourth-order valence-electron chi connectivity index (χ4n) is 2.09. The standard InChI is InChI=1S/C14H17IN2O/c1-4-17-8-12(14(18)9(2)16-3)11-6-5-10(15)7-13(11)17/h5-9,16H,4H2,1-3H3. The number of nitrogens with zero attached hydrogens (tertiary/aromatic N) is 1. The third-order valence-corrected chi connectivity index (χ3v) is 3.95. The van der Waals surface area contributed by atoms with Gasteiger partial charge in [-0.15, -0.1) is 0 Å². The van der Waals surface area contributed by atoms with E-state index in [1.165, 1.54) is 3.57 Å². The molecule has 3 nitrogen and oxygen atoms in total. The number of fused-ring (bicyclic) bond motifs is 1. The van der Waals surface area contributed by atoms with E-state index in [1.807, 2.05) is 32.3 Å². The Balaban J connectivity index is 2.62. The molecule has 0 aliphatic heterocycles. The van der Waals surface area contributed by atoms with E-state index in [0.717, 1.165) is 23.0 Å². The fourth-order valence-corrected chi connectivity index (χ4v) is 2.56. The lowest BCUT2D eigenvalue weighted by Crippen LogP contribution is -2.30. The summed E-state index contributed by atoms with van der Waals surface area (Å²) in [6.07, 6.45) is 1.97. The van der Waals surface area contributed by atoms with Gasteiger partial charge in [0.2, 0.25) is 0 Å². The lowest BCUT2D eigenvalue weighted by atomic mass is 10.0. The molecule has 0 aliphatic rings. The molecule has 96 valence electrons. The maximum atomic E-state index is 12.3. The maximum Gasteiger partial charge on any atom is 0.181 e. The predicted molar refractivity (Wildman–Crippen MR) is 83.2 cm³/mol. The Morgan fingerprint density at radius 2 is 2.22 bits per heavy atom. The number of aryl methyl sites for hydroxylation is 1. The van der Waals surface area contributed by atoms with Gasteiger partial charge in [0, 0.05) is 32.8 Å². The van der Waals surface area contributed by atoms with Crippen LogP contribution in [0.2, 0.25) is 0 Å². The molecule has 1 atom stereocenters. The minimum Gasteiger partial charge on any atom is -0.347 e. The van der Waals surface area contributed by atoms with E-state index in [-0.39, 0.29) is 11.8 Å². The van der Waals surface area contributed by atoms with Crippen LogP contribution in [0.1, 0.15) is 24.2 Å². The van der Waals surface area contributed by atoms with Gasteiger partial charge in [-0.1, -0.05) is 6.07 Å². The summed E-state index contributed by atoms with van der Waals surface area (Å²) in [5.41, 5.74) is 1.95. The average molecular weight is 356 g/mol. The van der Waals surface area contributed by atoms with E-state index < -0.39 is 0 Å². The van der Waals surface area contributed by atoms with E-state index in [1.54, 1.807) is 0 Å². The highest BCUT2D eigenvalue weighted by molar-refractivity contribution is 14.1. The minimum absolute atomic E-state index is 0.149. The first kappa shape index (κ1) is 13.5. The van der Waals surface area contributed by atoms with Crippen LogP contribution >= 0.6 is 22.6 Å². The molecule has 1 unspecified atom stereocenters. The molecule has 0 amide bonds. The Morgan fingerprint density at radius 3 is 2.83 bits per heavy atom. The molecule has 0 fully saturated rings. The number of halogens is 1. The highest BCUT2D eigenvalue weighted by Gasteiger charge is 2.18. The number of carbonyl (C=O) groups excluding carboxylic acids is 1. The maximum absolute atomic E-state index is 12.3. The number of aromatic nitrogens is 1. The van der Waals surface area contributed by atoms with Crippen LogP contribution < -0.4 is 5.32 Å². The number of rotatable bonds is 4. The Morgan fingerprint density at radius 1 is 1.50 bits per heavy atom. The number of Topliss-reactive ketones (excluding diaryl/α,β-unsaturated/α-hetero) is 1. The summed E-state index contributed by atoms with van der Waals surface area (Å²) in [5, 5.41) is 4.05. The number of carbonyl (C=O) groups is 1. The van der Waals surface area contributed by atoms with Gasteiger partial charge >= 0.3 is 0 Å². The molecule has 1 heterocycles. The molecule has 1 aromatic heterocycles. The molecule has 2 rings (SSSR count). The first-order chi connectivity index (χ1) is 8.58. The van der Waals surface area contributed by atoms with Crippen LogP contribution in [0.3, 0.4) is 0 Å². The van der Waals surface area contributed by atoms with Crippen molar-refractivity contribution in [3.63, 3.8) is 0 Å². The zero-order valence-corrected chi connectivity index (χ0v) is 13.0. The van der Waals surface area contributed by atoms with Crippen molar-refractivity contribution in [1.82, 2.24) is 9.88 Å². The molecule has 1 N–H and O–H groups in total. The minimum atomic E-state index is -0.153. The van der Waals surface area contributed by atoms with Gasteiger partial charge in [-0.3, -0.25) is 4.79 Å². The van der Waals surface area contributed by atoms with Crippen molar-refractivity contribution in [2.75, 3.05) is 7.05 Å². The van der Waals surface area contributed by atoms with Crippen molar-refractivity contribution in [2.24, 2.45) is 0 Å². The number of likely N-dealkylation sites (N-methyl/N-ethyl adjacent to an activating group) is 1. The zero-order chi connectivity index (χ0) is 13.3. The van der Waals surface area contributed by atoms with E-state index >= 15 is 0 Å². The van der Waals surface area contributed by atoms with E-state index in [0.29, 0.717) is 0 Å². The van der Waals surface area contributed by atoms with Crippen molar-refractivity contribution < 1.29 is 4.79 Å². The molecule has 0 aliphatic carbocycles. The van der Waals surface area contributed by atoms with Crippen LogP contribution in [0.25, 0.3) is 10.9 Å². The Bertz CT molecular complexity index is 589. The van der Waals surface area contributed by atoms with Crippen molar-refractivity contribution in [3.05, 3.63) is 33.5 Å². The van der Waals surface area contributed by atoms with Crippen LogP contribution in [0.5, 0.6) is 0 Å².